The average molecular weight is 337 g/mol. The van der Waals surface area contributed by atoms with Crippen molar-refractivity contribution in [1.29, 1.82) is 0 Å². The maximum absolute atomic E-state index is 12.6. The molecule has 0 saturated heterocycles. The molecule has 2 aromatic carbocycles. The van der Waals surface area contributed by atoms with Gasteiger partial charge in [0.15, 0.2) is 0 Å². The van der Waals surface area contributed by atoms with Crippen LogP contribution in [-0.4, -0.2) is 18.6 Å². The summed E-state index contributed by atoms with van der Waals surface area (Å²) in [4.78, 5) is 13.8. The Morgan fingerprint density at radius 1 is 1.21 bits per heavy atom. The number of carbonyl (C=O) groups excluding carboxylic acids is 1. The standard InChI is InChI=1S/C20H19NO2S/c1-12-13(2)24-11-18(12)20(22)21-15-9-17-16-6-4-3-5-14(16)7-8-19(17)23-10-15/h3-8,11,15H,9-10H2,1-2H3,(H,21,22). The van der Waals surface area contributed by atoms with E-state index < -0.39 is 0 Å². The molecule has 3 aromatic rings. The van der Waals surface area contributed by atoms with Crippen LogP contribution in [0.4, 0.5) is 0 Å². The fraction of sp³-hybridized carbons (Fsp3) is 0.250. The lowest BCUT2D eigenvalue weighted by Crippen LogP contribution is -2.42. The summed E-state index contributed by atoms with van der Waals surface area (Å²) >= 11 is 1.62. The number of carbonyl (C=O) groups is 1. The zero-order chi connectivity index (χ0) is 16.7. The van der Waals surface area contributed by atoms with Crippen molar-refractivity contribution in [3.63, 3.8) is 0 Å². The normalized spacial score (nSPS) is 16.5. The van der Waals surface area contributed by atoms with E-state index in [0.717, 1.165) is 23.3 Å². The molecule has 122 valence electrons. The van der Waals surface area contributed by atoms with Crippen molar-refractivity contribution >= 4 is 28.0 Å². The minimum atomic E-state index is -0.00543. The summed E-state index contributed by atoms with van der Waals surface area (Å²) in [5, 5.41) is 7.49. The van der Waals surface area contributed by atoms with Crippen LogP contribution < -0.4 is 10.1 Å². The smallest absolute Gasteiger partial charge is 0.252 e. The van der Waals surface area contributed by atoms with Crippen molar-refractivity contribution in [2.45, 2.75) is 26.3 Å². The van der Waals surface area contributed by atoms with E-state index in [1.54, 1.807) is 11.3 Å². The van der Waals surface area contributed by atoms with E-state index in [2.05, 4.69) is 23.5 Å². The van der Waals surface area contributed by atoms with E-state index in [0.29, 0.717) is 6.61 Å². The SMILES string of the molecule is Cc1scc(C(=O)NC2COc3ccc4ccccc4c3C2)c1C. The Morgan fingerprint density at radius 3 is 2.83 bits per heavy atom. The van der Waals surface area contributed by atoms with Gasteiger partial charge in [0, 0.05) is 22.2 Å². The van der Waals surface area contributed by atoms with Crippen molar-refractivity contribution in [3.8, 4) is 5.75 Å². The maximum atomic E-state index is 12.6. The fourth-order valence-electron chi connectivity index (χ4n) is 3.25. The number of ether oxygens (including phenoxy) is 1. The predicted octanol–water partition coefficient (Wildman–Crippen LogP) is 4.25. The molecule has 0 radical (unpaired) electrons. The Hall–Kier alpha value is -2.33. The van der Waals surface area contributed by atoms with Gasteiger partial charge in [0.05, 0.1) is 11.6 Å². The molecule has 1 unspecified atom stereocenters. The first-order valence-electron chi connectivity index (χ1n) is 8.12. The molecule has 0 bridgehead atoms. The number of aryl methyl sites for hydroxylation is 1. The lowest BCUT2D eigenvalue weighted by Gasteiger charge is -2.27. The first-order valence-corrected chi connectivity index (χ1v) is 9.00. The minimum Gasteiger partial charge on any atom is -0.491 e. The number of thiophene rings is 1. The molecule has 0 saturated carbocycles. The molecular weight excluding hydrogens is 318 g/mol. The van der Waals surface area contributed by atoms with Gasteiger partial charge in [0.1, 0.15) is 12.4 Å². The third-order valence-corrected chi connectivity index (χ3v) is 5.77. The van der Waals surface area contributed by atoms with Gasteiger partial charge in [-0.3, -0.25) is 4.79 Å². The van der Waals surface area contributed by atoms with Gasteiger partial charge in [-0.15, -0.1) is 11.3 Å². The van der Waals surface area contributed by atoms with Gasteiger partial charge < -0.3 is 10.1 Å². The van der Waals surface area contributed by atoms with Crippen LogP contribution in [0.25, 0.3) is 10.8 Å². The number of fused-ring (bicyclic) bond motifs is 3. The van der Waals surface area contributed by atoms with E-state index in [1.165, 1.54) is 21.2 Å². The lowest BCUT2D eigenvalue weighted by molar-refractivity contribution is 0.0915. The highest BCUT2D eigenvalue weighted by Gasteiger charge is 2.24. The molecular formula is C20H19NO2S. The lowest BCUT2D eigenvalue weighted by atomic mass is 9.96. The largest absolute Gasteiger partial charge is 0.491 e. The molecule has 1 amide bonds. The van der Waals surface area contributed by atoms with E-state index >= 15 is 0 Å². The second-order valence-electron chi connectivity index (χ2n) is 6.28. The Labute approximate surface area is 145 Å². The van der Waals surface area contributed by atoms with Crippen molar-refractivity contribution in [1.82, 2.24) is 5.32 Å². The zero-order valence-corrected chi connectivity index (χ0v) is 14.6. The molecule has 4 rings (SSSR count). The predicted molar refractivity (Wildman–Crippen MR) is 98.2 cm³/mol. The Morgan fingerprint density at radius 2 is 2.04 bits per heavy atom. The maximum Gasteiger partial charge on any atom is 0.252 e. The monoisotopic (exact) mass is 337 g/mol. The fourth-order valence-corrected chi connectivity index (χ4v) is 4.12. The molecule has 0 aliphatic carbocycles. The van der Waals surface area contributed by atoms with E-state index in [1.807, 2.05) is 37.4 Å². The van der Waals surface area contributed by atoms with Crippen LogP contribution in [-0.2, 0) is 6.42 Å². The zero-order valence-electron chi connectivity index (χ0n) is 13.8. The van der Waals surface area contributed by atoms with Gasteiger partial charge in [-0.1, -0.05) is 30.3 Å². The number of hydrogen-bond donors (Lipinski definition) is 1. The highest BCUT2D eigenvalue weighted by molar-refractivity contribution is 7.10. The quantitative estimate of drug-likeness (QED) is 0.759. The van der Waals surface area contributed by atoms with Crippen LogP contribution in [0, 0.1) is 13.8 Å². The van der Waals surface area contributed by atoms with Crippen LogP contribution in [0.2, 0.25) is 0 Å². The highest BCUT2D eigenvalue weighted by atomic mass is 32.1. The average Bonchev–Trinajstić information content (AvgIpc) is 2.94. The molecule has 1 aliphatic rings. The van der Waals surface area contributed by atoms with Crippen LogP contribution in [0.5, 0.6) is 5.75 Å². The van der Waals surface area contributed by atoms with Crippen LogP contribution in [0.3, 0.4) is 0 Å². The number of hydrogen-bond acceptors (Lipinski definition) is 3. The molecule has 0 fully saturated rings. The second-order valence-corrected chi connectivity index (χ2v) is 7.36. The van der Waals surface area contributed by atoms with Crippen LogP contribution in [0.1, 0.15) is 26.4 Å². The third kappa shape index (κ3) is 2.57. The number of amides is 1. The van der Waals surface area contributed by atoms with Gasteiger partial charge in [0.2, 0.25) is 0 Å². The first kappa shape index (κ1) is 15.2. The molecule has 4 heteroatoms. The molecule has 1 aromatic heterocycles. The summed E-state index contributed by atoms with van der Waals surface area (Å²) in [7, 11) is 0. The summed E-state index contributed by atoms with van der Waals surface area (Å²) in [6, 6.07) is 12.4. The van der Waals surface area contributed by atoms with Crippen LogP contribution >= 0.6 is 11.3 Å². The van der Waals surface area contributed by atoms with Gasteiger partial charge in [-0.25, -0.2) is 0 Å². The summed E-state index contributed by atoms with van der Waals surface area (Å²) in [6.45, 7) is 4.56. The Bertz CT molecular complexity index is 929. The van der Waals surface area contributed by atoms with E-state index in [4.69, 9.17) is 4.74 Å². The minimum absolute atomic E-state index is 0.00425. The van der Waals surface area contributed by atoms with Crippen molar-refractivity contribution in [2.24, 2.45) is 0 Å². The molecule has 0 spiro atoms. The number of rotatable bonds is 2. The molecule has 2 heterocycles. The molecule has 3 nitrogen and oxygen atoms in total. The molecule has 1 N–H and O–H groups in total. The molecule has 1 aliphatic heterocycles. The van der Waals surface area contributed by atoms with Gasteiger partial charge in [0.25, 0.3) is 5.91 Å². The molecule has 1 atom stereocenters. The Balaban J connectivity index is 1.59. The summed E-state index contributed by atoms with van der Waals surface area (Å²) < 4.78 is 5.90. The van der Waals surface area contributed by atoms with Gasteiger partial charge in [-0.2, -0.15) is 0 Å². The third-order valence-electron chi connectivity index (χ3n) is 4.75. The van der Waals surface area contributed by atoms with Gasteiger partial charge in [-0.05, 0) is 36.2 Å². The summed E-state index contributed by atoms with van der Waals surface area (Å²) in [6.07, 6.45) is 0.796. The first-order chi connectivity index (χ1) is 11.6. The number of nitrogens with one attached hydrogen (secondary N) is 1. The summed E-state index contributed by atoms with van der Waals surface area (Å²) in [5.41, 5.74) is 3.03. The van der Waals surface area contributed by atoms with E-state index in [9.17, 15) is 4.79 Å². The van der Waals surface area contributed by atoms with Crippen molar-refractivity contribution in [3.05, 3.63) is 63.3 Å². The Kier molecular flexibility index (Phi) is 3.77. The van der Waals surface area contributed by atoms with Crippen molar-refractivity contribution < 1.29 is 9.53 Å². The van der Waals surface area contributed by atoms with Gasteiger partial charge >= 0.3 is 0 Å². The van der Waals surface area contributed by atoms with Crippen LogP contribution in [0.15, 0.2) is 41.8 Å². The number of benzene rings is 2. The summed E-state index contributed by atoms with van der Waals surface area (Å²) in [5.74, 6) is 0.927. The van der Waals surface area contributed by atoms with Crippen molar-refractivity contribution in [2.75, 3.05) is 6.61 Å². The van der Waals surface area contributed by atoms with E-state index in [-0.39, 0.29) is 11.9 Å². The molecule has 24 heavy (non-hydrogen) atoms. The second kappa shape index (κ2) is 5.95. The highest BCUT2D eigenvalue weighted by Crippen LogP contribution is 2.32. The topological polar surface area (TPSA) is 38.3 Å².